The highest BCUT2D eigenvalue weighted by molar-refractivity contribution is 9.10. The monoisotopic (exact) mass is 289 g/mol. The molecule has 1 aromatic rings. The molecule has 0 aliphatic heterocycles. The van der Waals surface area contributed by atoms with E-state index in [9.17, 15) is 4.79 Å². The first kappa shape index (κ1) is 13.2. The van der Waals surface area contributed by atoms with Gasteiger partial charge in [-0.2, -0.15) is 5.10 Å². The van der Waals surface area contributed by atoms with Gasteiger partial charge in [-0.25, -0.2) is 0 Å². The molecule has 1 N–H and O–H groups in total. The summed E-state index contributed by atoms with van der Waals surface area (Å²) in [4.78, 5) is 11.1. The van der Waals surface area contributed by atoms with Crippen molar-refractivity contribution in [2.45, 2.75) is 20.4 Å². The molecule has 6 heteroatoms. The van der Waals surface area contributed by atoms with Crippen LogP contribution in [0.1, 0.15) is 18.3 Å². The van der Waals surface area contributed by atoms with Gasteiger partial charge < -0.3 is 10.1 Å². The average molecular weight is 290 g/mol. The number of carbonyl (C=O) groups excluding carboxylic acids is 1. The van der Waals surface area contributed by atoms with Gasteiger partial charge in [0.25, 0.3) is 0 Å². The van der Waals surface area contributed by atoms with Crippen molar-refractivity contribution >= 4 is 21.9 Å². The fourth-order valence-electron chi connectivity index (χ4n) is 1.37. The van der Waals surface area contributed by atoms with Gasteiger partial charge in [0.2, 0.25) is 0 Å². The number of aryl methyl sites for hydroxylation is 2. The van der Waals surface area contributed by atoms with E-state index >= 15 is 0 Å². The molecule has 0 spiro atoms. The van der Waals surface area contributed by atoms with Crippen LogP contribution >= 0.6 is 15.9 Å². The van der Waals surface area contributed by atoms with Gasteiger partial charge in [-0.1, -0.05) is 0 Å². The molecular weight excluding hydrogens is 274 g/mol. The Morgan fingerprint density at radius 1 is 1.62 bits per heavy atom. The summed E-state index contributed by atoms with van der Waals surface area (Å²) in [7, 11) is 1.87. The van der Waals surface area contributed by atoms with Gasteiger partial charge in [-0.05, 0) is 29.8 Å². The minimum absolute atomic E-state index is 0.213. The Morgan fingerprint density at radius 3 is 2.81 bits per heavy atom. The molecule has 0 unspecified atom stereocenters. The van der Waals surface area contributed by atoms with Gasteiger partial charge in [-0.3, -0.25) is 9.48 Å². The van der Waals surface area contributed by atoms with Crippen molar-refractivity contribution in [1.82, 2.24) is 15.1 Å². The normalized spacial score (nSPS) is 10.5. The maximum atomic E-state index is 11.1. The van der Waals surface area contributed by atoms with E-state index in [1.807, 2.05) is 14.0 Å². The third-order valence-corrected chi connectivity index (χ3v) is 3.16. The van der Waals surface area contributed by atoms with E-state index in [0.717, 1.165) is 15.9 Å². The molecule has 0 bridgehead atoms. The van der Waals surface area contributed by atoms with Crippen LogP contribution in [0.3, 0.4) is 0 Å². The molecule has 1 aromatic heterocycles. The fraction of sp³-hybridized carbons (Fsp3) is 0.600. The molecule has 5 nitrogen and oxygen atoms in total. The number of ether oxygens (including phenoxy) is 1. The minimum Gasteiger partial charge on any atom is -0.465 e. The first-order valence-corrected chi connectivity index (χ1v) is 5.89. The zero-order chi connectivity index (χ0) is 12.1. The van der Waals surface area contributed by atoms with Crippen molar-refractivity contribution in [2.24, 2.45) is 7.05 Å². The van der Waals surface area contributed by atoms with Crippen LogP contribution in [0, 0.1) is 6.92 Å². The van der Waals surface area contributed by atoms with Crippen LogP contribution in [0.4, 0.5) is 0 Å². The highest BCUT2D eigenvalue weighted by Gasteiger charge is 2.10. The smallest absolute Gasteiger partial charge is 0.319 e. The molecule has 0 saturated carbocycles. The number of carbonyl (C=O) groups is 1. The molecule has 0 atom stereocenters. The number of aromatic nitrogens is 2. The zero-order valence-corrected chi connectivity index (χ0v) is 11.3. The lowest BCUT2D eigenvalue weighted by Gasteiger charge is -2.05. The molecule has 0 fully saturated rings. The van der Waals surface area contributed by atoms with Crippen molar-refractivity contribution in [2.75, 3.05) is 13.2 Å². The lowest BCUT2D eigenvalue weighted by molar-refractivity contribution is -0.142. The Morgan fingerprint density at radius 2 is 2.31 bits per heavy atom. The summed E-state index contributed by atoms with van der Waals surface area (Å²) in [5, 5.41) is 7.27. The van der Waals surface area contributed by atoms with Crippen molar-refractivity contribution < 1.29 is 9.53 Å². The highest BCUT2D eigenvalue weighted by atomic mass is 79.9. The first-order valence-electron chi connectivity index (χ1n) is 5.10. The largest absolute Gasteiger partial charge is 0.465 e. The Kier molecular flexibility index (Phi) is 4.95. The van der Waals surface area contributed by atoms with Crippen molar-refractivity contribution in [3.8, 4) is 0 Å². The van der Waals surface area contributed by atoms with Crippen LogP contribution in [-0.2, 0) is 23.1 Å². The van der Waals surface area contributed by atoms with E-state index in [0.29, 0.717) is 13.2 Å². The summed E-state index contributed by atoms with van der Waals surface area (Å²) >= 11 is 3.46. The first-order chi connectivity index (χ1) is 7.56. The van der Waals surface area contributed by atoms with E-state index in [1.165, 1.54) is 0 Å². The maximum absolute atomic E-state index is 11.1. The van der Waals surface area contributed by atoms with Gasteiger partial charge in [0.15, 0.2) is 0 Å². The Balaban J connectivity index is 2.46. The second kappa shape index (κ2) is 6.00. The second-order valence-corrected chi connectivity index (χ2v) is 4.17. The van der Waals surface area contributed by atoms with Gasteiger partial charge in [-0.15, -0.1) is 0 Å². The molecule has 0 saturated heterocycles. The summed E-state index contributed by atoms with van der Waals surface area (Å²) in [6.07, 6.45) is 0. The third kappa shape index (κ3) is 3.31. The maximum Gasteiger partial charge on any atom is 0.319 e. The van der Waals surface area contributed by atoms with Gasteiger partial charge in [0, 0.05) is 13.6 Å². The summed E-state index contributed by atoms with van der Waals surface area (Å²) in [6, 6.07) is 0. The van der Waals surface area contributed by atoms with Gasteiger partial charge >= 0.3 is 5.97 Å². The van der Waals surface area contributed by atoms with E-state index in [4.69, 9.17) is 4.74 Å². The van der Waals surface area contributed by atoms with Crippen molar-refractivity contribution in [3.05, 3.63) is 15.9 Å². The van der Waals surface area contributed by atoms with Crippen LogP contribution in [0.25, 0.3) is 0 Å². The van der Waals surface area contributed by atoms with Crippen molar-refractivity contribution in [3.63, 3.8) is 0 Å². The standard InChI is InChI=1S/C10H16BrN3O2/c1-4-16-9(15)6-12-5-8-10(11)7(2)13-14(8)3/h12H,4-6H2,1-3H3. The predicted molar refractivity (Wildman–Crippen MR) is 64.0 cm³/mol. The lowest BCUT2D eigenvalue weighted by Crippen LogP contribution is -2.25. The molecule has 0 aromatic carbocycles. The van der Waals surface area contributed by atoms with Crippen LogP contribution in [0.15, 0.2) is 4.47 Å². The van der Waals surface area contributed by atoms with E-state index in [1.54, 1.807) is 11.6 Å². The topological polar surface area (TPSA) is 56.1 Å². The summed E-state index contributed by atoms with van der Waals surface area (Å²) in [5.41, 5.74) is 1.96. The summed E-state index contributed by atoms with van der Waals surface area (Å²) in [6.45, 7) is 4.92. The number of nitrogens with zero attached hydrogens (tertiary/aromatic N) is 2. The number of hydrogen-bond acceptors (Lipinski definition) is 4. The number of rotatable bonds is 5. The minimum atomic E-state index is -0.238. The van der Waals surface area contributed by atoms with Crippen LogP contribution in [-0.4, -0.2) is 28.9 Å². The number of nitrogens with one attached hydrogen (secondary N) is 1. The average Bonchev–Trinajstić information content (AvgIpc) is 2.45. The van der Waals surface area contributed by atoms with Gasteiger partial charge in [0.1, 0.15) is 0 Å². The summed E-state index contributed by atoms with van der Waals surface area (Å²) < 4.78 is 7.58. The van der Waals surface area contributed by atoms with Crippen molar-refractivity contribution in [1.29, 1.82) is 0 Å². The fourth-order valence-corrected chi connectivity index (χ4v) is 1.84. The van der Waals surface area contributed by atoms with E-state index in [-0.39, 0.29) is 12.5 Å². The third-order valence-electron chi connectivity index (χ3n) is 2.13. The second-order valence-electron chi connectivity index (χ2n) is 3.38. The molecule has 90 valence electrons. The molecule has 0 radical (unpaired) electrons. The molecule has 0 aliphatic carbocycles. The predicted octanol–water partition coefficient (Wildman–Crippen LogP) is 1.14. The molecule has 0 aliphatic rings. The zero-order valence-electron chi connectivity index (χ0n) is 9.71. The highest BCUT2D eigenvalue weighted by Crippen LogP contribution is 2.19. The number of esters is 1. The lowest BCUT2D eigenvalue weighted by atomic mass is 10.3. The van der Waals surface area contributed by atoms with Crippen LogP contribution in [0.5, 0.6) is 0 Å². The SMILES string of the molecule is CCOC(=O)CNCc1c(Br)c(C)nn1C. The van der Waals surface area contributed by atoms with E-state index in [2.05, 4.69) is 26.3 Å². The Bertz CT molecular complexity index is 376. The number of halogens is 1. The van der Waals surface area contributed by atoms with Crippen LogP contribution < -0.4 is 5.32 Å². The molecule has 0 amide bonds. The quantitative estimate of drug-likeness (QED) is 0.826. The Labute approximate surface area is 103 Å². The van der Waals surface area contributed by atoms with Gasteiger partial charge in [0.05, 0.1) is 29.0 Å². The number of hydrogen-bond donors (Lipinski definition) is 1. The van der Waals surface area contributed by atoms with Crippen LogP contribution in [0.2, 0.25) is 0 Å². The molecule has 1 heterocycles. The van der Waals surface area contributed by atoms with E-state index < -0.39 is 0 Å². The molecule has 1 rings (SSSR count). The Hall–Kier alpha value is -0.880. The summed E-state index contributed by atoms with van der Waals surface area (Å²) in [5.74, 6) is -0.238. The molecule has 16 heavy (non-hydrogen) atoms. The molecular formula is C10H16BrN3O2.